The van der Waals surface area contributed by atoms with Crippen LogP contribution in [0, 0.1) is 6.92 Å². The summed E-state index contributed by atoms with van der Waals surface area (Å²) in [7, 11) is 0. The van der Waals surface area contributed by atoms with Crippen LogP contribution in [0.1, 0.15) is 18.4 Å². The molecule has 0 aliphatic heterocycles. The summed E-state index contributed by atoms with van der Waals surface area (Å²) in [6.07, 6.45) is 0. The van der Waals surface area contributed by atoms with Crippen molar-refractivity contribution in [1.29, 1.82) is 0 Å². The molecule has 0 unspecified atom stereocenters. The van der Waals surface area contributed by atoms with Crippen LogP contribution in [0.15, 0.2) is 22.7 Å². The summed E-state index contributed by atoms with van der Waals surface area (Å²) in [6, 6.07) is 1.92. The largest absolute Gasteiger partial charge is 0.361 e. The summed E-state index contributed by atoms with van der Waals surface area (Å²) in [5.74, 6) is 0.849. The predicted octanol–water partition coefficient (Wildman–Crippen LogP) is 1.65. The smallest absolute Gasteiger partial charge is 0.133 e. The summed E-state index contributed by atoms with van der Waals surface area (Å²) in [5.41, 5.74) is 2.06. The van der Waals surface area contributed by atoms with E-state index >= 15 is 0 Å². The van der Waals surface area contributed by atoms with Gasteiger partial charge in [-0.2, -0.15) is 0 Å². The second-order valence-corrected chi connectivity index (χ2v) is 2.99. The molecule has 0 aliphatic carbocycles. The van der Waals surface area contributed by atoms with Gasteiger partial charge >= 0.3 is 0 Å². The van der Waals surface area contributed by atoms with Crippen molar-refractivity contribution in [2.75, 3.05) is 6.54 Å². The van der Waals surface area contributed by atoms with Crippen LogP contribution in [0.3, 0.4) is 0 Å². The maximum atomic E-state index is 4.91. The number of aromatic nitrogens is 1. The summed E-state index contributed by atoms with van der Waals surface area (Å²) < 4.78 is 4.91. The summed E-state index contributed by atoms with van der Waals surface area (Å²) in [6.45, 7) is 9.22. The quantitative estimate of drug-likeness (QED) is 0.691. The van der Waals surface area contributed by atoms with E-state index in [2.05, 4.69) is 17.1 Å². The minimum atomic E-state index is 0.740. The molecule has 1 N–H and O–H groups in total. The van der Waals surface area contributed by atoms with E-state index in [9.17, 15) is 0 Å². The molecule has 1 heterocycles. The van der Waals surface area contributed by atoms with Gasteiger partial charge in [0.15, 0.2) is 0 Å². The molecule has 0 aliphatic rings. The molecule has 0 spiro atoms. The average Bonchev–Trinajstić information content (AvgIpc) is 2.35. The number of nitrogens with one attached hydrogen (secondary N) is 1. The van der Waals surface area contributed by atoms with E-state index in [0.29, 0.717) is 0 Å². The lowest BCUT2D eigenvalue weighted by molar-refractivity contribution is 0.388. The molecular formula is C9H14N2O. The Bertz CT molecular complexity index is 265. The van der Waals surface area contributed by atoms with Crippen molar-refractivity contribution >= 4 is 0 Å². The highest BCUT2D eigenvalue weighted by Crippen LogP contribution is 2.00. The summed E-state index contributed by atoms with van der Waals surface area (Å²) in [5, 5.41) is 7.04. The molecule has 0 bridgehead atoms. The van der Waals surface area contributed by atoms with Crippen molar-refractivity contribution in [2.24, 2.45) is 0 Å². The van der Waals surface area contributed by atoms with Gasteiger partial charge in [0.05, 0.1) is 5.69 Å². The van der Waals surface area contributed by atoms with Gasteiger partial charge in [0, 0.05) is 19.2 Å². The molecule has 0 saturated carbocycles. The minimum Gasteiger partial charge on any atom is -0.361 e. The lowest BCUT2D eigenvalue weighted by Crippen LogP contribution is -2.15. The van der Waals surface area contributed by atoms with Crippen LogP contribution < -0.4 is 5.32 Å². The van der Waals surface area contributed by atoms with Crippen LogP contribution >= 0.6 is 0 Å². The van der Waals surface area contributed by atoms with Gasteiger partial charge in [-0.3, -0.25) is 0 Å². The van der Waals surface area contributed by atoms with E-state index in [1.54, 1.807) is 0 Å². The zero-order valence-electron chi connectivity index (χ0n) is 7.55. The minimum absolute atomic E-state index is 0.740. The maximum absolute atomic E-state index is 4.91. The molecule has 0 atom stereocenters. The van der Waals surface area contributed by atoms with Crippen LogP contribution in [0.2, 0.25) is 0 Å². The van der Waals surface area contributed by atoms with Crippen molar-refractivity contribution in [3.05, 3.63) is 29.7 Å². The molecule has 0 fully saturated rings. The van der Waals surface area contributed by atoms with Crippen LogP contribution in [-0.4, -0.2) is 11.7 Å². The Morgan fingerprint density at radius 1 is 1.75 bits per heavy atom. The molecule has 0 radical (unpaired) electrons. The van der Waals surface area contributed by atoms with E-state index in [-0.39, 0.29) is 0 Å². The number of aryl methyl sites for hydroxylation is 1. The van der Waals surface area contributed by atoms with Gasteiger partial charge in [-0.15, -0.1) is 0 Å². The molecule has 3 nitrogen and oxygen atoms in total. The Hall–Kier alpha value is -1.09. The predicted molar refractivity (Wildman–Crippen MR) is 47.8 cm³/mol. The van der Waals surface area contributed by atoms with Crippen molar-refractivity contribution in [3.8, 4) is 0 Å². The van der Waals surface area contributed by atoms with Gasteiger partial charge in [0.2, 0.25) is 0 Å². The van der Waals surface area contributed by atoms with E-state index in [1.165, 1.54) is 0 Å². The fourth-order valence-corrected chi connectivity index (χ4v) is 0.905. The van der Waals surface area contributed by atoms with Gasteiger partial charge in [0.25, 0.3) is 0 Å². The third-order valence-electron chi connectivity index (χ3n) is 1.41. The third-order valence-corrected chi connectivity index (χ3v) is 1.41. The van der Waals surface area contributed by atoms with Gasteiger partial charge in [0.1, 0.15) is 5.76 Å². The molecule has 12 heavy (non-hydrogen) atoms. The van der Waals surface area contributed by atoms with Gasteiger partial charge < -0.3 is 9.84 Å². The average molecular weight is 166 g/mol. The van der Waals surface area contributed by atoms with Crippen molar-refractivity contribution in [1.82, 2.24) is 10.5 Å². The second-order valence-electron chi connectivity index (χ2n) is 2.99. The normalized spacial score (nSPS) is 10.2. The Labute approximate surface area is 72.4 Å². The van der Waals surface area contributed by atoms with Crippen LogP contribution in [0.25, 0.3) is 0 Å². The third kappa shape index (κ3) is 2.88. The molecule has 1 rings (SSSR count). The Morgan fingerprint density at radius 2 is 2.50 bits per heavy atom. The number of nitrogens with zero attached hydrogens (tertiary/aromatic N) is 1. The monoisotopic (exact) mass is 166 g/mol. The lowest BCUT2D eigenvalue weighted by Gasteiger charge is -1.99. The molecule has 0 amide bonds. The first-order valence-electron chi connectivity index (χ1n) is 3.96. The molecule has 0 aromatic carbocycles. The zero-order valence-corrected chi connectivity index (χ0v) is 7.55. The van der Waals surface area contributed by atoms with Crippen LogP contribution in [0.4, 0.5) is 0 Å². The summed E-state index contributed by atoms with van der Waals surface area (Å²) >= 11 is 0. The van der Waals surface area contributed by atoms with Gasteiger partial charge in [-0.1, -0.05) is 17.3 Å². The first kappa shape index (κ1) is 9.00. The highest BCUT2D eigenvalue weighted by molar-refractivity contribution is 5.03. The molecule has 1 aromatic rings. The second kappa shape index (κ2) is 4.07. The van der Waals surface area contributed by atoms with E-state index in [1.807, 2.05) is 19.9 Å². The van der Waals surface area contributed by atoms with Gasteiger partial charge in [-0.05, 0) is 13.8 Å². The van der Waals surface area contributed by atoms with E-state index < -0.39 is 0 Å². The highest BCUT2D eigenvalue weighted by atomic mass is 16.5. The van der Waals surface area contributed by atoms with Crippen molar-refractivity contribution in [3.63, 3.8) is 0 Å². The van der Waals surface area contributed by atoms with Crippen LogP contribution in [-0.2, 0) is 6.54 Å². The number of hydrogen-bond donors (Lipinski definition) is 1. The maximum Gasteiger partial charge on any atom is 0.133 e. The summed E-state index contributed by atoms with van der Waals surface area (Å²) in [4.78, 5) is 0. The van der Waals surface area contributed by atoms with E-state index in [0.717, 1.165) is 30.1 Å². The molecule has 66 valence electrons. The SMILES string of the molecule is C=C(C)CNCc1cc(C)on1. The Balaban J connectivity index is 2.29. The fourth-order valence-electron chi connectivity index (χ4n) is 0.905. The lowest BCUT2D eigenvalue weighted by atomic mass is 10.3. The van der Waals surface area contributed by atoms with E-state index in [4.69, 9.17) is 4.52 Å². The highest BCUT2D eigenvalue weighted by Gasteiger charge is 1.98. The Morgan fingerprint density at radius 3 is 3.00 bits per heavy atom. The standard InChI is InChI=1S/C9H14N2O/c1-7(2)5-10-6-9-4-8(3)12-11-9/h4,10H,1,5-6H2,2-3H3. The molecule has 1 aromatic heterocycles. The fraction of sp³-hybridized carbons (Fsp3) is 0.444. The number of hydrogen-bond acceptors (Lipinski definition) is 3. The first-order chi connectivity index (χ1) is 5.68. The van der Waals surface area contributed by atoms with Crippen molar-refractivity contribution < 1.29 is 4.52 Å². The number of rotatable bonds is 4. The zero-order chi connectivity index (χ0) is 8.97. The first-order valence-corrected chi connectivity index (χ1v) is 3.96. The Kier molecular flexibility index (Phi) is 3.05. The van der Waals surface area contributed by atoms with Crippen molar-refractivity contribution in [2.45, 2.75) is 20.4 Å². The van der Waals surface area contributed by atoms with Crippen LogP contribution in [0.5, 0.6) is 0 Å². The molecular weight excluding hydrogens is 152 g/mol. The molecule has 0 saturated heterocycles. The topological polar surface area (TPSA) is 38.1 Å². The van der Waals surface area contributed by atoms with Gasteiger partial charge in [-0.25, -0.2) is 0 Å². The molecule has 3 heteroatoms.